The van der Waals surface area contributed by atoms with Gasteiger partial charge in [0.15, 0.2) is 6.61 Å². The highest BCUT2D eigenvalue weighted by Gasteiger charge is 2.12. The zero-order valence-electron chi connectivity index (χ0n) is 16.6. The average Bonchev–Trinajstić information content (AvgIpc) is 2.65. The number of nitrogens with one attached hydrogen (secondary N) is 2. The molecule has 0 fully saturated rings. The number of aryl methyl sites for hydroxylation is 1. The first kappa shape index (κ1) is 21.6. The second-order valence-corrected chi connectivity index (χ2v) is 7.21. The molecule has 2 rings (SSSR count). The number of halogens is 1. The molecule has 0 heterocycles. The summed E-state index contributed by atoms with van der Waals surface area (Å²) in [4.78, 5) is 25.5. The molecule has 0 aliphatic heterocycles. The number of ether oxygens (including phenoxy) is 1. The summed E-state index contributed by atoms with van der Waals surface area (Å²) in [5.41, 5.74) is 2.63. The predicted molar refractivity (Wildman–Crippen MR) is 112 cm³/mol. The fourth-order valence-corrected chi connectivity index (χ4v) is 2.59. The third-order valence-electron chi connectivity index (χ3n) is 4.17. The molecule has 2 aromatic rings. The second kappa shape index (κ2) is 9.99. The zero-order valence-corrected chi connectivity index (χ0v) is 17.3. The smallest absolute Gasteiger partial charge is 0.259 e. The number of nitrogens with zero attached hydrogens (tertiary/aromatic N) is 1. The molecule has 0 aliphatic rings. The van der Waals surface area contributed by atoms with Gasteiger partial charge in [-0.15, -0.1) is 0 Å². The molecule has 0 aromatic heterocycles. The molecule has 1 atom stereocenters. The summed E-state index contributed by atoms with van der Waals surface area (Å²) in [5, 5.41) is 6.67. The van der Waals surface area contributed by atoms with Crippen molar-refractivity contribution in [2.24, 2.45) is 0 Å². The summed E-state index contributed by atoms with van der Waals surface area (Å²) in [6, 6.07) is 12.8. The third kappa shape index (κ3) is 6.46. The van der Waals surface area contributed by atoms with Crippen LogP contribution in [0.5, 0.6) is 5.75 Å². The highest BCUT2D eigenvalue weighted by Crippen LogP contribution is 2.25. The maximum absolute atomic E-state index is 12.3. The van der Waals surface area contributed by atoms with Crippen LogP contribution in [-0.2, 0) is 9.59 Å². The Morgan fingerprint density at radius 3 is 2.46 bits per heavy atom. The van der Waals surface area contributed by atoms with Crippen LogP contribution < -0.4 is 15.4 Å². The van der Waals surface area contributed by atoms with E-state index in [1.807, 2.05) is 44.2 Å². The highest BCUT2D eigenvalue weighted by atomic mass is 35.5. The molecule has 7 heteroatoms. The average molecular weight is 404 g/mol. The van der Waals surface area contributed by atoms with Crippen molar-refractivity contribution in [2.75, 3.05) is 32.6 Å². The fourth-order valence-electron chi connectivity index (χ4n) is 2.47. The molecule has 0 radical (unpaired) electrons. The molecule has 150 valence electrons. The molecule has 0 spiro atoms. The van der Waals surface area contributed by atoms with E-state index in [2.05, 4.69) is 10.6 Å². The van der Waals surface area contributed by atoms with Gasteiger partial charge in [-0.2, -0.15) is 0 Å². The summed E-state index contributed by atoms with van der Waals surface area (Å²) in [6.45, 7) is 3.86. The van der Waals surface area contributed by atoms with E-state index in [9.17, 15) is 9.59 Å². The van der Waals surface area contributed by atoms with Gasteiger partial charge in [0.05, 0.1) is 18.3 Å². The largest absolute Gasteiger partial charge is 0.482 e. The van der Waals surface area contributed by atoms with Crippen molar-refractivity contribution >= 4 is 29.1 Å². The first-order valence-electron chi connectivity index (χ1n) is 8.98. The number of hydrogen-bond donors (Lipinski definition) is 2. The number of hydrogen-bond acceptors (Lipinski definition) is 4. The standard InChI is InChI=1S/C21H26ClN3O3/c1-14-5-10-18(19(11-14)28-13-21(27)25(3)4)23-12-20(26)24-15(2)16-6-8-17(22)9-7-16/h5-11,15,23H,12-13H2,1-4H3,(H,24,26). The Morgan fingerprint density at radius 1 is 1.14 bits per heavy atom. The summed E-state index contributed by atoms with van der Waals surface area (Å²) in [7, 11) is 3.35. The molecular formula is C21H26ClN3O3. The Hall–Kier alpha value is -2.73. The van der Waals surface area contributed by atoms with Crippen molar-refractivity contribution in [3.8, 4) is 5.75 Å². The Morgan fingerprint density at radius 2 is 1.82 bits per heavy atom. The lowest BCUT2D eigenvalue weighted by Gasteiger charge is -2.17. The Labute approximate surface area is 170 Å². The first-order valence-corrected chi connectivity index (χ1v) is 9.36. The normalized spacial score (nSPS) is 11.5. The summed E-state index contributed by atoms with van der Waals surface area (Å²) in [5.74, 6) is 0.245. The molecule has 0 saturated carbocycles. The van der Waals surface area contributed by atoms with Gasteiger partial charge < -0.3 is 20.3 Å². The van der Waals surface area contributed by atoms with E-state index >= 15 is 0 Å². The van der Waals surface area contributed by atoms with Gasteiger partial charge in [0, 0.05) is 19.1 Å². The van der Waals surface area contributed by atoms with Gasteiger partial charge in [-0.3, -0.25) is 9.59 Å². The zero-order chi connectivity index (χ0) is 20.7. The summed E-state index contributed by atoms with van der Waals surface area (Å²) < 4.78 is 5.64. The maximum Gasteiger partial charge on any atom is 0.259 e. The first-order chi connectivity index (χ1) is 13.3. The van der Waals surface area contributed by atoms with Crippen LogP contribution in [-0.4, -0.2) is 44.0 Å². The number of benzene rings is 2. The van der Waals surface area contributed by atoms with Crippen LogP contribution in [0.1, 0.15) is 24.1 Å². The van der Waals surface area contributed by atoms with Gasteiger partial charge in [-0.1, -0.05) is 29.8 Å². The SMILES string of the molecule is Cc1ccc(NCC(=O)NC(C)c2ccc(Cl)cc2)c(OCC(=O)N(C)C)c1. The van der Waals surface area contributed by atoms with Crippen molar-refractivity contribution in [2.45, 2.75) is 19.9 Å². The monoisotopic (exact) mass is 403 g/mol. The minimum Gasteiger partial charge on any atom is -0.482 e. The van der Waals surface area contributed by atoms with E-state index in [-0.39, 0.29) is 31.0 Å². The van der Waals surface area contributed by atoms with E-state index in [4.69, 9.17) is 16.3 Å². The van der Waals surface area contributed by atoms with Crippen LogP contribution in [0.2, 0.25) is 5.02 Å². The minimum absolute atomic E-state index is 0.0646. The van der Waals surface area contributed by atoms with E-state index in [0.29, 0.717) is 16.5 Å². The van der Waals surface area contributed by atoms with Crippen LogP contribution in [0.4, 0.5) is 5.69 Å². The molecule has 0 saturated heterocycles. The van der Waals surface area contributed by atoms with Crippen molar-refractivity contribution in [1.82, 2.24) is 10.2 Å². The minimum atomic E-state index is -0.154. The van der Waals surface area contributed by atoms with E-state index in [0.717, 1.165) is 11.1 Å². The van der Waals surface area contributed by atoms with Crippen molar-refractivity contribution in [3.63, 3.8) is 0 Å². The van der Waals surface area contributed by atoms with E-state index in [1.165, 1.54) is 4.90 Å². The number of amides is 2. The number of carbonyl (C=O) groups is 2. The summed E-state index contributed by atoms with van der Waals surface area (Å²) >= 11 is 5.90. The van der Waals surface area contributed by atoms with Crippen LogP contribution in [0, 0.1) is 6.92 Å². The van der Waals surface area contributed by atoms with E-state index < -0.39 is 0 Å². The molecule has 2 amide bonds. The molecule has 0 bridgehead atoms. The van der Waals surface area contributed by atoms with Crippen molar-refractivity contribution in [3.05, 3.63) is 58.6 Å². The van der Waals surface area contributed by atoms with Gasteiger partial charge in [0.25, 0.3) is 5.91 Å². The lowest BCUT2D eigenvalue weighted by atomic mass is 10.1. The molecule has 0 aliphatic carbocycles. The number of rotatable bonds is 8. The summed E-state index contributed by atoms with van der Waals surface area (Å²) in [6.07, 6.45) is 0. The fraction of sp³-hybridized carbons (Fsp3) is 0.333. The topological polar surface area (TPSA) is 70.7 Å². The lowest BCUT2D eigenvalue weighted by molar-refractivity contribution is -0.130. The van der Waals surface area contributed by atoms with E-state index in [1.54, 1.807) is 26.2 Å². The third-order valence-corrected chi connectivity index (χ3v) is 4.43. The Kier molecular flexibility index (Phi) is 7.70. The molecular weight excluding hydrogens is 378 g/mol. The molecule has 6 nitrogen and oxygen atoms in total. The molecule has 28 heavy (non-hydrogen) atoms. The van der Waals surface area contributed by atoms with Crippen LogP contribution >= 0.6 is 11.6 Å². The lowest BCUT2D eigenvalue weighted by Crippen LogP contribution is -2.32. The Balaban J connectivity index is 1.94. The number of likely N-dealkylation sites (N-methyl/N-ethyl adjacent to an activating group) is 1. The number of carbonyl (C=O) groups excluding carboxylic acids is 2. The van der Waals surface area contributed by atoms with Crippen LogP contribution in [0.3, 0.4) is 0 Å². The quantitative estimate of drug-likeness (QED) is 0.708. The highest BCUT2D eigenvalue weighted by molar-refractivity contribution is 6.30. The van der Waals surface area contributed by atoms with Gasteiger partial charge in [-0.25, -0.2) is 0 Å². The molecule has 2 aromatic carbocycles. The van der Waals surface area contributed by atoms with Crippen molar-refractivity contribution in [1.29, 1.82) is 0 Å². The van der Waals surface area contributed by atoms with Crippen molar-refractivity contribution < 1.29 is 14.3 Å². The number of anilines is 1. The van der Waals surface area contributed by atoms with Gasteiger partial charge in [0.1, 0.15) is 5.75 Å². The molecule has 1 unspecified atom stereocenters. The van der Waals surface area contributed by atoms with Gasteiger partial charge >= 0.3 is 0 Å². The van der Waals surface area contributed by atoms with Gasteiger partial charge in [0.2, 0.25) is 5.91 Å². The van der Waals surface area contributed by atoms with Crippen LogP contribution in [0.15, 0.2) is 42.5 Å². The predicted octanol–water partition coefficient (Wildman–Crippen LogP) is 3.40. The molecule has 2 N–H and O–H groups in total. The maximum atomic E-state index is 12.3. The van der Waals surface area contributed by atoms with Crippen LogP contribution in [0.25, 0.3) is 0 Å². The second-order valence-electron chi connectivity index (χ2n) is 6.77. The Bertz CT molecular complexity index is 822. The van der Waals surface area contributed by atoms with Gasteiger partial charge in [-0.05, 0) is 49.2 Å².